The largest absolute Gasteiger partial charge is 0.468 e. The number of benzene rings is 1. The second-order valence-corrected chi connectivity index (χ2v) is 4.59. The number of carbonyl (C=O) groups excluding carboxylic acids is 2. The quantitative estimate of drug-likeness (QED) is 0.633. The molecule has 0 fully saturated rings. The molecule has 18 heavy (non-hydrogen) atoms. The first-order chi connectivity index (χ1) is 8.37. The number of carbonyl (C=O) groups is 2. The minimum atomic E-state index is -1.72. The molecule has 1 aromatic carbocycles. The fraction of sp³-hybridized carbons (Fsp3) is 0.333. The van der Waals surface area contributed by atoms with Crippen molar-refractivity contribution in [1.29, 1.82) is 0 Å². The molecule has 0 aliphatic carbocycles. The van der Waals surface area contributed by atoms with Crippen LogP contribution in [0, 0.1) is 5.82 Å². The van der Waals surface area contributed by atoms with E-state index in [0.29, 0.717) is 4.47 Å². The Morgan fingerprint density at radius 2 is 1.72 bits per heavy atom. The normalized spacial score (nSPS) is 10.9. The zero-order valence-corrected chi connectivity index (χ0v) is 11.7. The lowest BCUT2D eigenvalue weighted by molar-refractivity contribution is -0.161. The lowest BCUT2D eigenvalue weighted by Crippen LogP contribution is -2.43. The van der Waals surface area contributed by atoms with E-state index >= 15 is 0 Å². The van der Waals surface area contributed by atoms with E-state index in [-0.39, 0.29) is 5.56 Å². The molecule has 0 unspecified atom stereocenters. The number of esters is 2. The van der Waals surface area contributed by atoms with Gasteiger partial charge in [0.15, 0.2) is 5.41 Å². The van der Waals surface area contributed by atoms with E-state index in [0.717, 1.165) is 20.3 Å². The maximum absolute atomic E-state index is 13.3. The van der Waals surface area contributed by atoms with E-state index in [2.05, 4.69) is 25.4 Å². The van der Waals surface area contributed by atoms with Gasteiger partial charge in [-0.1, -0.05) is 15.9 Å². The molecule has 0 N–H and O–H groups in total. The van der Waals surface area contributed by atoms with Crippen LogP contribution in [0.4, 0.5) is 4.39 Å². The van der Waals surface area contributed by atoms with E-state index in [9.17, 15) is 14.0 Å². The third kappa shape index (κ3) is 2.38. The first-order valence-electron chi connectivity index (χ1n) is 5.00. The van der Waals surface area contributed by atoms with Crippen LogP contribution in [-0.4, -0.2) is 26.2 Å². The van der Waals surface area contributed by atoms with Crippen molar-refractivity contribution in [3.05, 3.63) is 34.1 Å². The topological polar surface area (TPSA) is 52.6 Å². The van der Waals surface area contributed by atoms with Gasteiger partial charge in [0, 0.05) is 4.47 Å². The second-order valence-electron chi connectivity index (χ2n) is 3.73. The summed E-state index contributed by atoms with van der Waals surface area (Å²) >= 11 is 3.18. The number of ether oxygens (including phenoxy) is 2. The molecule has 1 aromatic rings. The van der Waals surface area contributed by atoms with Crippen molar-refractivity contribution < 1.29 is 23.5 Å². The maximum Gasteiger partial charge on any atom is 0.327 e. The molecule has 0 heterocycles. The van der Waals surface area contributed by atoms with Crippen LogP contribution in [0.25, 0.3) is 0 Å². The average Bonchev–Trinajstić information content (AvgIpc) is 2.38. The van der Waals surface area contributed by atoms with E-state index < -0.39 is 23.2 Å². The summed E-state index contributed by atoms with van der Waals surface area (Å²) in [6.45, 7) is 1.32. The van der Waals surface area contributed by atoms with Crippen molar-refractivity contribution in [2.24, 2.45) is 0 Å². The maximum atomic E-state index is 13.3. The third-order valence-corrected chi connectivity index (χ3v) is 3.35. The molecule has 4 nitrogen and oxygen atoms in total. The monoisotopic (exact) mass is 318 g/mol. The molecule has 0 bridgehead atoms. The van der Waals surface area contributed by atoms with Crippen LogP contribution in [0.1, 0.15) is 12.5 Å². The number of halogens is 2. The van der Waals surface area contributed by atoms with Crippen molar-refractivity contribution in [2.45, 2.75) is 12.3 Å². The van der Waals surface area contributed by atoms with Crippen molar-refractivity contribution in [3.8, 4) is 0 Å². The minimum Gasteiger partial charge on any atom is -0.468 e. The fourth-order valence-electron chi connectivity index (χ4n) is 1.59. The second kappa shape index (κ2) is 5.48. The molecule has 98 valence electrons. The van der Waals surface area contributed by atoms with Crippen LogP contribution in [-0.2, 0) is 24.5 Å². The number of hydrogen-bond donors (Lipinski definition) is 0. The van der Waals surface area contributed by atoms with Gasteiger partial charge in [0.2, 0.25) is 0 Å². The smallest absolute Gasteiger partial charge is 0.327 e. The van der Waals surface area contributed by atoms with Gasteiger partial charge in [0.1, 0.15) is 5.82 Å². The first kappa shape index (κ1) is 14.6. The Bertz CT molecular complexity index is 471. The van der Waals surface area contributed by atoms with Gasteiger partial charge in [0.05, 0.1) is 14.2 Å². The Hall–Kier alpha value is -1.43. The molecule has 0 saturated heterocycles. The van der Waals surface area contributed by atoms with Crippen LogP contribution in [0.3, 0.4) is 0 Å². The van der Waals surface area contributed by atoms with Crippen LogP contribution < -0.4 is 0 Å². The first-order valence-corrected chi connectivity index (χ1v) is 5.79. The SMILES string of the molecule is COC(=O)C(C)(C(=O)OC)c1cc(F)ccc1Br. The zero-order valence-electron chi connectivity index (χ0n) is 10.1. The molecular formula is C12H12BrFO4. The Labute approximate surface area is 112 Å². The highest BCUT2D eigenvalue weighted by atomic mass is 79.9. The van der Waals surface area contributed by atoms with Crippen LogP contribution in [0.2, 0.25) is 0 Å². The molecule has 0 amide bonds. The van der Waals surface area contributed by atoms with Crippen molar-refractivity contribution >= 4 is 27.9 Å². The molecule has 0 aliphatic heterocycles. The summed E-state index contributed by atoms with van der Waals surface area (Å²) in [7, 11) is 2.30. The molecule has 6 heteroatoms. The fourth-order valence-corrected chi connectivity index (χ4v) is 2.24. The molecule has 0 aromatic heterocycles. The van der Waals surface area contributed by atoms with Crippen LogP contribution in [0.15, 0.2) is 22.7 Å². The Balaban J connectivity index is 3.48. The van der Waals surface area contributed by atoms with Crippen LogP contribution >= 0.6 is 15.9 Å². The number of rotatable bonds is 3. The molecular weight excluding hydrogens is 307 g/mol. The summed E-state index contributed by atoms with van der Waals surface area (Å²) < 4.78 is 22.9. The average molecular weight is 319 g/mol. The molecule has 0 atom stereocenters. The number of hydrogen-bond acceptors (Lipinski definition) is 4. The lowest BCUT2D eigenvalue weighted by atomic mass is 9.82. The van der Waals surface area contributed by atoms with Crippen LogP contribution in [0.5, 0.6) is 0 Å². The third-order valence-electron chi connectivity index (χ3n) is 2.65. The molecule has 0 radical (unpaired) electrons. The van der Waals surface area contributed by atoms with E-state index in [1.807, 2.05) is 0 Å². The summed E-state index contributed by atoms with van der Waals surface area (Å²) in [5, 5.41) is 0. The summed E-state index contributed by atoms with van der Waals surface area (Å²) in [6, 6.07) is 3.72. The van der Waals surface area contributed by atoms with Crippen molar-refractivity contribution in [3.63, 3.8) is 0 Å². The molecule has 0 spiro atoms. The number of methoxy groups -OCH3 is 2. The van der Waals surface area contributed by atoms with Gasteiger partial charge in [-0.05, 0) is 30.7 Å². The van der Waals surface area contributed by atoms with Gasteiger partial charge in [-0.25, -0.2) is 4.39 Å². The van der Waals surface area contributed by atoms with Gasteiger partial charge in [-0.3, -0.25) is 9.59 Å². The van der Waals surface area contributed by atoms with Gasteiger partial charge >= 0.3 is 11.9 Å². The summed E-state index contributed by atoms with van der Waals surface area (Å²) in [5.41, 5.74) is -1.56. The predicted octanol–water partition coefficient (Wildman–Crippen LogP) is 2.19. The summed E-state index contributed by atoms with van der Waals surface area (Å²) in [6.07, 6.45) is 0. The standard InChI is InChI=1S/C12H12BrFO4/c1-12(10(15)17-2,11(16)18-3)8-6-7(14)4-5-9(8)13/h4-6H,1-3H3. The van der Waals surface area contributed by atoms with Crippen molar-refractivity contribution in [2.75, 3.05) is 14.2 Å². The highest BCUT2D eigenvalue weighted by Gasteiger charge is 2.47. The van der Waals surface area contributed by atoms with Crippen molar-refractivity contribution in [1.82, 2.24) is 0 Å². The zero-order chi connectivity index (χ0) is 13.9. The van der Waals surface area contributed by atoms with Gasteiger partial charge in [0.25, 0.3) is 0 Å². The molecule has 1 rings (SSSR count). The minimum absolute atomic E-state index is 0.154. The Morgan fingerprint density at radius 3 is 2.17 bits per heavy atom. The molecule has 0 aliphatic rings. The van der Waals surface area contributed by atoms with E-state index in [1.54, 1.807) is 0 Å². The summed E-state index contributed by atoms with van der Waals surface area (Å²) in [4.78, 5) is 23.7. The summed E-state index contributed by atoms with van der Waals surface area (Å²) in [5.74, 6) is -2.20. The van der Waals surface area contributed by atoms with Gasteiger partial charge in [-0.2, -0.15) is 0 Å². The predicted molar refractivity (Wildman–Crippen MR) is 65.5 cm³/mol. The highest BCUT2D eigenvalue weighted by Crippen LogP contribution is 2.33. The van der Waals surface area contributed by atoms with E-state index in [4.69, 9.17) is 0 Å². The Kier molecular flexibility index (Phi) is 4.45. The van der Waals surface area contributed by atoms with Gasteiger partial charge < -0.3 is 9.47 Å². The Morgan fingerprint density at radius 1 is 1.22 bits per heavy atom. The molecule has 0 saturated carbocycles. The highest BCUT2D eigenvalue weighted by molar-refractivity contribution is 9.10. The van der Waals surface area contributed by atoms with E-state index in [1.165, 1.54) is 19.1 Å². The van der Waals surface area contributed by atoms with Gasteiger partial charge in [-0.15, -0.1) is 0 Å². The lowest BCUT2D eigenvalue weighted by Gasteiger charge is -2.25.